The number of amides is 1. The third-order valence-electron chi connectivity index (χ3n) is 3.11. The number of hydrogen-bond acceptors (Lipinski definition) is 5. The number of carbonyl (C=O) groups excluding carboxylic acids is 1. The Morgan fingerprint density at radius 3 is 2.61 bits per heavy atom. The number of nitrogens with one attached hydrogen (secondary N) is 1. The van der Waals surface area contributed by atoms with E-state index in [0.29, 0.717) is 16.6 Å². The lowest BCUT2D eigenvalue weighted by Gasteiger charge is -2.15. The first-order chi connectivity index (χ1) is 8.65. The Hall–Kier alpha value is -1.99. The summed E-state index contributed by atoms with van der Waals surface area (Å²) in [6.45, 7) is 0.299. The molecule has 0 saturated carbocycles. The summed E-state index contributed by atoms with van der Waals surface area (Å²) in [4.78, 5) is 13.6. The number of benzene rings is 1. The zero-order valence-corrected chi connectivity index (χ0v) is 9.45. The molecular formula is C11H12N4O3. The van der Waals surface area contributed by atoms with Crippen molar-refractivity contribution in [2.24, 2.45) is 0 Å². The monoisotopic (exact) mass is 248 g/mol. The van der Waals surface area contributed by atoms with Crippen LogP contribution >= 0.6 is 0 Å². The van der Waals surface area contributed by atoms with Crippen LogP contribution in [0.15, 0.2) is 18.2 Å². The number of likely N-dealkylation sites (tertiary alicyclic amines) is 1. The van der Waals surface area contributed by atoms with Gasteiger partial charge in [0.15, 0.2) is 0 Å². The fourth-order valence-corrected chi connectivity index (χ4v) is 2.09. The molecule has 1 aliphatic heterocycles. The summed E-state index contributed by atoms with van der Waals surface area (Å²) < 4.78 is 0. The van der Waals surface area contributed by atoms with Crippen molar-refractivity contribution in [1.29, 1.82) is 0 Å². The number of aliphatic hydroxyl groups is 2. The van der Waals surface area contributed by atoms with E-state index in [1.807, 2.05) is 0 Å². The first kappa shape index (κ1) is 11.1. The van der Waals surface area contributed by atoms with Gasteiger partial charge in [0.25, 0.3) is 5.91 Å². The Morgan fingerprint density at radius 1 is 1.22 bits per heavy atom. The van der Waals surface area contributed by atoms with E-state index in [1.165, 1.54) is 4.90 Å². The van der Waals surface area contributed by atoms with Gasteiger partial charge >= 0.3 is 0 Å². The van der Waals surface area contributed by atoms with Crippen molar-refractivity contribution < 1.29 is 15.0 Å². The van der Waals surface area contributed by atoms with Gasteiger partial charge in [0, 0.05) is 18.7 Å². The van der Waals surface area contributed by atoms with Gasteiger partial charge in [-0.25, -0.2) is 0 Å². The molecule has 0 spiro atoms. The minimum Gasteiger partial charge on any atom is -0.388 e. The van der Waals surface area contributed by atoms with Crippen LogP contribution in [0.2, 0.25) is 0 Å². The maximum atomic E-state index is 12.1. The largest absolute Gasteiger partial charge is 0.388 e. The molecule has 1 saturated heterocycles. The molecule has 94 valence electrons. The van der Waals surface area contributed by atoms with Gasteiger partial charge in [0.05, 0.1) is 12.2 Å². The summed E-state index contributed by atoms with van der Waals surface area (Å²) in [7, 11) is 0. The summed E-state index contributed by atoms with van der Waals surface area (Å²) >= 11 is 0. The number of nitrogens with zero attached hydrogens (tertiary/aromatic N) is 3. The molecule has 1 aromatic heterocycles. The standard InChI is InChI=1S/C11H12N4O3/c16-9-4-15(5-10(9)17)11(18)6-1-2-7-8(3-6)13-14-12-7/h1-3,9-10,16-17H,4-5H2,(H,12,13,14)/t9-,10+. The highest BCUT2D eigenvalue weighted by Crippen LogP contribution is 2.16. The maximum Gasteiger partial charge on any atom is 0.254 e. The fraction of sp³-hybridized carbons (Fsp3) is 0.364. The molecule has 2 atom stereocenters. The normalized spacial score (nSPS) is 23.8. The van der Waals surface area contributed by atoms with E-state index in [-0.39, 0.29) is 19.0 Å². The van der Waals surface area contributed by atoms with Gasteiger partial charge in [-0.3, -0.25) is 4.79 Å². The van der Waals surface area contributed by atoms with Gasteiger partial charge in [-0.05, 0) is 18.2 Å². The fourth-order valence-electron chi connectivity index (χ4n) is 2.09. The van der Waals surface area contributed by atoms with Crippen molar-refractivity contribution in [1.82, 2.24) is 20.3 Å². The van der Waals surface area contributed by atoms with Crippen molar-refractivity contribution in [3.63, 3.8) is 0 Å². The van der Waals surface area contributed by atoms with Crippen LogP contribution in [0, 0.1) is 0 Å². The average Bonchev–Trinajstić information content (AvgIpc) is 2.95. The molecule has 1 aliphatic rings. The molecule has 18 heavy (non-hydrogen) atoms. The highest BCUT2D eigenvalue weighted by Gasteiger charge is 2.32. The van der Waals surface area contributed by atoms with E-state index >= 15 is 0 Å². The lowest BCUT2D eigenvalue weighted by atomic mass is 10.2. The van der Waals surface area contributed by atoms with E-state index in [4.69, 9.17) is 0 Å². The molecule has 3 rings (SSSR count). The number of aromatic nitrogens is 3. The quantitative estimate of drug-likeness (QED) is 0.609. The minimum atomic E-state index is -0.871. The predicted molar refractivity (Wildman–Crippen MR) is 61.8 cm³/mol. The van der Waals surface area contributed by atoms with Crippen LogP contribution in [-0.2, 0) is 0 Å². The molecule has 2 heterocycles. The lowest BCUT2D eigenvalue weighted by Crippen LogP contribution is -2.29. The Bertz CT molecular complexity index is 587. The van der Waals surface area contributed by atoms with Gasteiger partial charge in [-0.2, -0.15) is 15.4 Å². The summed E-state index contributed by atoms with van der Waals surface area (Å²) in [6, 6.07) is 5.00. The number of β-amino-alcohol motifs (C(OH)–C–C–N with tert-alkyl or cyclic N) is 2. The molecule has 1 fully saturated rings. The Kier molecular flexibility index (Phi) is 2.49. The van der Waals surface area contributed by atoms with Crippen LogP contribution in [0.4, 0.5) is 0 Å². The number of aromatic amines is 1. The number of carbonyl (C=O) groups is 1. The number of rotatable bonds is 1. The van der Waals surface area contributed by atoms with Gasteiger partial charge in [-0.1, -0.05) is 0 Å². The van der Waals surface area contributed by atoms with Crippen molar-refractivity contribution in [3.8, 4) is 0 Å². The molecule has 0 radical (unpaired) electrons. The molecule has 1 amide bonds. The summed E-state index contributed by atoms with van der Waals surface area (Å²) in [6.07, 6.45) is -1.74. The highest BCUT2D eigenvalue weighted by atomic mass is 16.3. The number of H-pyrrole nitrogens is 1. The lowest BCUT2D eigenvalue weighted by molar-refractivity contribution is 0.0572. The van der Waals surface area contributed by atoms with Gasteiger partial charge < -0.3 is 15.1 Å². The van der Waals surface area contributed by atoms with Crippen LogP contribution in [0.3, 0.4) is 0 Å². The molecule has 0 bridgehead atoms. The van der Waals surface area contributed by atoms with E-state index in [0.717, 1.165) is 0 Å². The summed E-state index contributed by atoms with van der Waals surface area (Å²) in [5, 5.41) is 29.2. The first-order valence-corrected chi connectivity index (χ1v) is 5.61. The SMILES string of the molecule is O=C(c1ccc2n[nH]nc2c1)N1C[C@@H](O)[C@@H](O)C1. The molecule has 1 aromatic carbocycles. The Morgan fingerprint density at radius 2 is 1.89 bits per heavy atom. The minimum absolute atomic E-state index is 0.150. The topological polar surface area (TPSA) is 102 Å². The molecule has 2 aromatic rings. The summed E-state index contributed by atoms with van der Waals surface area (Å²) in [5.41, 5.74) is 1.77. The smallest absolute Gasteiger partial charge is 0.254 e. The van der Waals surface area contributed by atoms with Gasteiger partial charge in [0.2, 0.25) is 0 Å². The zero-order valence-electron chi connectivity index (χ0n) is 9.45. The average molecular weight is 248 g/mol. The van der Waals surface area contributed by atoms with Gasteiger partial charge in [-0.15, -0.1) is 0 Å². The van der Waals surface area contributed by atoms with E-state index < -0.39 is 12.2 Å². The molecule has 0 unspecified atom stereocenters. The van der Waals surface area contributed by atoms with Crippen LogP contribution in [-0.4, -0.2) is 61.7 Å². The third-order valence-corrected chi connectivity index (χ3v) is 3.11. The molecular weight excluding hydrogens is 236 g/mol. The second-order valence-corrected chi connectivity index (χ2v) is 4.37. The number of aliphatic hydroxyl groups excluding tert-OH is 2. The van der Waals surface area contributed by atoms with E-state index in [1.54, 1.807) is 18.2 Å². The van der Waals surface area contributed by atoms with Crippen LogP contribution in [0.1, 0.15) is 10.4 Å². The second kappa shape index (κ2) is 4.04. The van der Waals surface area contributed by atoms with Crippen LogP contribution < -0.4 is 0 Å². The number of fused-ring (bicyclic) bond motifs is 1. The first-order valence-electron chi connectivity index (χ1n) is 5.61. The summed E-state index contributed by atoms with van der Waals surface area (Å²) in [5.74, 6) is -0.226. The molecule has 7 nitrogen and oxygen atoms in total. The zero-order chi connectivity index (χ0) is 12.7. The molecule has 0 aliphatic carbocycles. The predicted octanol–water partition coefficient (Wildman–Crippen LogP) is -0.865. The maximum absolute atomic E-state index is 12.1. The number of hydrogen-bond donors (Lipinski definition) is 3. The molecule has 7 heteroatoms. The van der Waals surface area contributed by atoms with E-state index in [2.05, 4.69) is 15.4 Å². The van der Waals surface area contributed by atoms with Crippen molar-refractivity contribution in [2.45, 2.75) is 12.2 Å². The van der Waals surface area contributed by atoms with Crippen LogP contribution in [0.5, 0.6) is 0 Å². The van der Waals surface area contributed by atoms with Crippen molar-refractivity contribution in [3.05, 3.63) is 23.8 Å². The Labute approximate surface area is 102 Å². The van der Waals surface area contributed by atoms with Gasteiger partial charge in [0.1, 0.15) is 11.0 Å². The van der Waals surface area contributed by atoms with E-state index in [9.17, 15) is 15.0 Å². The second-order valence-electron chi connectivity index (χ2n) is 4.37. The van der Waals surface area contributed by atoms with Crippen molar-refractivity contribution in [2.75, 3.05) is 13.1 Å². The Balaban J connectivity index is 1.87. The van der Waals surface area contributed by atoms with Crippen LogP contribution in [0.25, 0.3) is 11.0 Å². The molecule has 3 N–H and O–H groups in total. The van der Waals surface area contributed by atoms with Crippen molar-refractivity contribution >= 4 is 16.9 Å². The third kappa shape index (κ3) is 1.73. The highest BCUT2D eigenvalue weighted by molar-refractivity contribution is 5.97.